The van der Waals surface area contributed by atoms with Gasteiger partial charge in [-0.05, 0) is 58.6 Å². The first-order chi connectivity index (χ1) is 13.3. The lowest BCUT2D eigenvalue weighted by atomic mass is 9.97. The molecule has 2 N–H and O–H groups in total. The van der Waals surface area contributed by atoms with Gasteiger partial charge < -0.3 is 19.9 Å². The predicted octanol–water partition coefficient (Wildman–Crippen LogP) is 4.31. The summed E-state index contributed by atoms with van der Waals surface area (Å²) < 4.78 is 5.20. The Bertz CT molecular complexity index is 850. The molecule has 1 aliphatic rings. The summed E-state index contributed by atoms with van der Waals surface area (Å²) in [7, 11) is 0. The second kappa shape index (κ2) is 8.25. The highest BCUT2D eigenvalue weighted by Crippen LogP contribution is 2.34. The van der Waals surface area contributed by atoms with Crippen LogP contribution in [0.2, 0.25) is 0 Å². The monoisotopic (exact) mass is 385 g/mol. The van der Waals surface area contributed by atoms with E-state index in [2.05, 4.69) is 35.4 Å². The number of hydrogen-bond donors (Lipinski definition) is 2. The van der Waals surface area contributed by atoms with E-state index < -0.39 is 11.7 Å². The summed E-state index contributed by atoms with van der Waals surface area (Å²) in [5, 5.41) is 4.01. The molecule has 152 valence electrons. The molecule has 0 saturated carbocycles. The highest BCUT2D eigenvalue weighted by molar-refractivity contribution is 5.86. The number of carbonyl (C=O) groups excluding carboxylic acids is 2. The summed E-state index contributed by atoms with van der Waals surface area (Å²) in [5.74, 6) is 0.175. The summed E-state index contributed by atoms with van der Waals surface area (Å²) >= 11 is 0. The molecule has 0 aliphatic carbocycles. The Morgan fingerprint density at radius 3 is 2.75 bits per heavy atom. The molecule has 1 aromatic carbocycles. The van der Waals surface area contributed by atoms with E-state index in [9.17, 15) is 9.59 Å². The summed E-state index contributed by atoms with van der Waals surface area (Å²) in [4.78, 5) is 29.8. The normalized spacial score (nSPS) is 16.7. The first-order valence-corrected chi connectivity index (χ1v) is 10.1. The summed E-state index contributed by atoms with van der Waals surface area (Å²) in [6, 6.07) is 8.38. The van der Waals surface area contributed by atoms with Gasteiger partial charge in [-0.25, -0.2) is 4.79 Å². The van der Waals surface area contributed by atoms with Crippen LogP contribution in [-0.4, -0.2) is 40.6 Å². The zero-order valence-corrected chi connectivity index (χ0v) is 17.3. The average molecular weight is 386 g/mol. The Balaban J connectivity index is 1.47. The van der Waals surface area contributed by atoms with Crippen LogP contribution < -0.4 is 5.32 Å². The number of nitrogens with zero attached hydrogens (tertiary/aromatic N) is 1. The number of ether oxygens (including phenoxy) is 1. The number of benzene rings is 1. The molecule has 1 unspecified atom stereocenters. The van der Waals surface area contributed by atoms with Gasteiger partial charge in [-0.15, -0.1) is 0 Å². The maximum atomic E-state index is 12.7. The van der Waals surface area contributed by atoms with Gasteiger partial charge in [0, 0.05) is 36.1 Å². The number of aromatic nitrogens is 1. The van der Waals surface area contributed by atoms with E-state index in [1.807, 2.05) is 31.7 Å². The van der Waals surface area contributed by atoms with Gasteiger partial charge in [-0.1, -0.05) is 18.2 Å². The van der Waals surface area contributed by atoms with Crippen LogP contribution in [0.15, 0.2) is 24.3 Å². The van der Waals surface area contributed by atoms with Crippen LogP contribution in [0.5, 0.6) is 0 Å². The van der Waals surface area contributed by atoms with Crippen LogP contribution >= 0.6 is 0 Å². The number of amides is 2. The summed E-state index contributed by atoms with van der Waals surface area (Å²) in [5.41, 5.74) is 3.15. The van der Waals surface area contributed by atoms with Gasteiger partial charge in [0.15, 0.2) is 0 Å². The van der Waals surface area contributed by atoms with E-state index in [0.717, 1.165) is 37.0 Å². The minimum absolute atomic E-state index is 0.0588. The lowest BCUT2D eigenvalue weighted by Gasteiger charge is -2.33. The molecular formula is C22H31N3O3. The van der Waals surface area contributed by atoms with Crippen molar-refractivity contribution >= 4 is 22.9 Å². The smallest absolute Gasteiger partial charge is 0.407 e. The van der Waals surface area contributed by atoms with Crippen molar-refractivity contribution in [3.05, 3.63) is 35.5 Å². The highest BCUT2D eigenvalue weighted by Gasteiger charge is 2.29. The number of unbranched alkanes of at least 4 members (excludes halogenated alkanes) is 1. The minimum atomic E-state index is -0.494. The highest BCUT2D eigenvalue weighted by atomic mass is 16.6. The average Bonchev–Trinajstić information content (AvgIpc) is 3.00. The number of H-pyrrole nitrogens is 1. The SMILES string of the molecule is CC1c2[nH]c3ccccc3c2CCN1C(=O)CCCCNC(=O)OC(C)(C)C. The molecule has 0 saturated heterocycles. The van der Waals surface area contributed by atoms with Gasteiger partial charge in [-0.3, -0.25) is 4.79 Å². The quantitative estimate of drug-likeness (QED) is 0.753. The molecule has 3 rings (SSSR count). The molecule has 1 atom stereocenters. The molecule has 0 spiro atoms. The van der Waals surface area contributed by atoms with Crippen LogP contribution in [0.1, 0.15) is 64.3 Å². The van der Waals surface area contributed by atoms with Crippen LogP contribution in [-0.2, 0) is 16.0 Å². The summed E-state index contributed by atoms with van der Waals surface area (Å²) in [6.07, 6.45) is 2.48. The van der Waals surface area contributed by atoms with E-state index in [0.29, 0.717) is 13.0 Å². The number of aromatic amines is 1. The number of carbonyl (C=O) groups is 2. The molecule has 2 heterocycles. The fourth-order valence-electron chi connectivity index (χ4n) is 3.82. The van der Waals surface area contributed by atoms with Crippen LogP contribution in [0.3, 0.4) is 0 Å². The third-order valence-electron chi connectivity index (χ3n) is 5.14. The predicted molar refractivity (Wildman–Crippen MR) is 110 cm³/mol. The Morgan fingerprint density at radius 1 is 1.25 bits per heavy atom. The summed E-state index contributed by atoms with van der Waals surface area (Å²) in [6.45, 7) is 8.88. The Hall–Kier alpha value is -2.50. The molecular weight excluding hydrogens is 354 g/mol. The van der Waals surface area contributed by atoms with Crippen molar-refractivity contribution in [2.45, 2.75) is 65.0 Å². The van der Waals surface area contributed by atoms with Crippen LogP contribution in [0.25, 0.3) is 10.9 Å². The maximum absolute atomic E-state index is 12.7. The fraction of sp³-hybridized carbons (Fsp3) is 0.545. The number of nitrogens with one attached hydrogen (secondary N) is 2. The van der Waals surface area contributed by atoms with Gasteiger partial charge in [0.05, 0.1) is 6.04 Å². The zero-order chi connectivity index (χ0) is 20.3. The second-order valence-corrected chi connectivity index (χ2v) is 8.46. The first kappa shape index (κ1) is 20.2. The molecule has 6 nitrogen and oxygen atoms in total. The minimum Gasteiger partial charge on any atom is -0.444 e. The third kappa shape index (κ3) is 4.66. The molecule has 0 radical (unpaired) electrons. The number of alkyl carbamates (subject to hydrolysis) is 1. The Kier molecular flexibility index (Phi) is 5.96. The van der Waals surface area contributed by atoms with Crippen molar-refractivity contribution in [3.8, 4) is 0 Å². The largest absolute Gasteiger partial charge is 0.444 e. The van der Waals surface area contributed by atoms with Crippen molar-refractivity contribution in [1.82, 2.24) is 15.2 Å². The molecule has 2 amide bonds. The lowest BCUT2D eigenvalue weighted by Crippen LogP contribution is -2.38. The Morgan fingerprint density at radius 2 is 2.00 bits per heavy atom. The van der Waals surface area contributed by atoms with E-state index in [-0.39, 0.29) is 11.9 Å². The number of para-hydroxylation sites is 1. The molecule has 6 heteroatoms. The number of hydrogen-bond acceptors (Lipinski definition) is 3. The Labute approximate surface area is 166 Å². The zero-order valence-electron chi connectivity index (χ0n) is 17.3. The molecule has 1 aliphatic heterocycles. The fourth-order valence-corrected chi connectivity index (χ4v) is 3.82. The lowest BCUT2D eigenvalue weighted by molar-refractivity contribution is -0.133. The topological polar surface area (TPSA) is 74.4 Å². The maximum Gasteiger partial charge on any atom is 0.407 e. The van der Waals surface area contributed by atoms with E-state index >= 15 is 0 Å². The van der Waals surface area contributed by atoms with Crippen LogP contribution in [0.4, 0.5) is 4.79 Å². The number of rotatable bonds is 5. The van der Waals surface area contributed by atoms with Crippen molar-refractivity contribution in [2.24, 2.45) is 0 Å². The molecule has 0 fully saturated rings. The standard InChI is InChI=1S/C22H31N3O3/c1-15-20-17(16-9-5-6-10-18(16)24-20)12-14-25(15)19(26)11-7-8-13-23-21(27)28-22(2,3)4/h5-6,9-10,15,24H,7-8,11-14H2,1-4H3,(H,23,27). The van der Waals surface area contributed by atoms with E-state index in [4.69, 9.17) is 4.74 Å². The van der Waals surface area contributed by atoms with E-state index in [1.54, 1.807) is 0 Å². The van der Waals surface area contributed by atoms with Crippen LogP contribution in [0, 0.1) is 0 Å². The third-order valence-corrected chi connectivity index (χ3v) is 5.14. The van der Waals surface area contributed by atoms with Crippen molar-refractivity contribution in [1.29, 1.82) is 0 Å². The first-order valence-electron chi connectivity index (χ1n) is 10.1. The van der Waals surface area contributed by atoms with Crippen molar-refractivity contribution in [2.75, 3.05) is 13.1 Å². The van der Waals surface area contributed by atoms with Gasteiger partial charge in [-0.2, -0.15) is 0 Å². The van der Waals surface area contributed by atoms with Gasteiger partial charge >= 0.3 is 6.09 Å². The molecule has 0 bridgehead atoms. The molecule has 2 aromatic rings. The van der Waals surface area contributed by atoms with Crippen molar-refractivity contribution < 1.29 is 14.3 Å². The molecule has 28 heavy (non-hydrogen) atoms. The van der Waals surface area contributed by atoms with Gasteiger partial charge in [0.2, 0.25) is 5.91 Å². The van der Waals surface area contributed by atoms with E-state index in [1.165, 1.54) is 10.9 Å². The number of fused-ring (bicyclic) bond motifs is 3. The van der Waals surface area contributed by atoms with Gasteiger partial charge in [0.1, 0.15) is 5.60 Å². The van der Waals surface area contributed by atoms with Gasteiger partial charge in [0.25, 0.3) is 0 Å². The second-order valence-electron chi connectivity index (χ2n) is 8.46. The molecule has 1 aromatic heterocycles. The van der Waals surface area contributed by atoms with Crippen molar-refractivity contribution in [3.63, 3.8) is 0 Å².